The summed E-state index contributed by atoms with van der Waals surface area (Å²) in [6.07, 6.45) is 0. The minimum atomic E-state index is -0.00721. The summed E-state index contributed by atoms with van der Waals surface area (Å²) in [6, 6.07) is 13.3. The quantitative estimate of drug-likeness (QED) is 0.576. The molecule has 0 saturated carbocycles. The average molecular weight is 445 g/mol. The third-order valence-corrected chi connectivity index (χ3v) is 4.27. The summed E-state index contributed by atoms with van der Waals surface area (Å²) < 4.78 is 1.85. The molecule has 0 atom stereocenters. The number of carbonyl (C=O) groups excluding carboxylic acids is 1. The van der Waals surface area contributed by atoms with E-state index in [0.29, 0.717) is 12.1 Å². The van der Waals surface area contributed by atoms with E-state index in [4.69, 9.17) is 5.73 Å². The Hall–Kier alpha value is -1.08. The second-order valence-electron chi connectivity index (χ2n) is 4.53. The fourth-order valence-electron chi connectivity index (χ4n) is 1.84. The van der Waals surface area contributed by atoms with Crippen LogP contribution in [-0.4, -0.2) is 17.9 Å². The second kappa shape index (κ2) is 6.58. The van der Waals surface area contributed by atoms with E-state index in [1.54, 1.807) is 11.9 Å². The SMILES string of the molecule is CN(Cc1ccc(N)cc1)C(=O)c1cc(I)ccc1Br. The van der Waals surface area contributed by atoms with Crippen LogP contribution in [0.5, 0.6) is 0 Å². The van der Waals surface area contributed by atoms with Crippen LogP contribution in [0.3, 0.4) is 0 Å². The monoisotopic (exact) mass is 444 g/mol. The summed E-state index contributed by atoms with van der Waals surface area (Å²) in [5.41, 5.74) is 8.11. The molecule has 2 N–H and O–H groups in total. The van der Waals surface area contributed by atoms with Gasteiger partial charge in [0, 0.05) is 27.3 Å². The van der Waals surface area contributed by atoms with Gasteiger partial charge in [0.15, 0.2) is 0 Å². The number of nitrogens with zero attached hydrogens (tertiary/aromatic N) is 1. The third kappa shape index (κ3) is 3.73. The third-order valence-electron chi connectivity index (χ3n) is 2.90. The standard InChI is InChI=1S/C15H14BrIN2O/c1-19(9-10-2-5-12(18)6-3-10)15(20)13-8-11(17)4-7-14(13)16/h2-8H,9,18H2,1H3. The first-order valence-electron chi connectivity index (χ1n) is 6.02. The topological polar surface area (TPSA) is 46.3 Å². The molecule has 104 valence electrons. The summed E-state index contributed by atoms with van der Waals surface area (Å²) in [6.45, 7) is 0.553. The molecule has 20 heavy (non-hydrogen) atoms. The predicted octanol–water partition coefficient (Wildman–Crippen LogP) is 3.91. The van der Waals surface area contributed by atoms with Crippen LogP contribution in [0, 0.1) is 3.57 Å². The van der Waals surface area contributed by atoms with Gasteiger partial charge in [-0.1, -0.05) is 12.1 Å². The molecule has 2 aromatic rings. The molecule has 3 nitrogen and oxygen atoms in total. The van der Waals surface area contributed by atoms with E-state index in [1.807, 2.05) is 42.5 Å². The summed E-state index contributed by atoms with van der Waals surface area (Å²) in [5.74, 6) is -0.00721. The van der Waals surface area contributed by atoms with Crippen molar-refractivity contribution in [2.45, 2.75) is 6.54 Å². The van der Waals surface area contributed by atoms with Crippen molar-refractivity contribution < 1.29 is 4.79 Å². The molecule has 1 amide bonds. The van der Waals surface area contributed by atoms with Crippen molar-refractivity contribution in [3.05, 3.63) is 61.6 Å². The molecule has 0 spiro atoms. The minimum Gasteiger partial charge on any atom is -0.399 e. The van der Waals surface area contributed by atoms with Gasteiger partial charge in [0.05, 0.1) is 5.56 Å². The van der Waals surface area contributed by atoms with E-state index in [9.17, 15) is 4.79 Å². The molecule has 0 aliphatic rings. The maximum Gasteiger partial charge on any atom is 0.255 e. The van der Waals surface area contributed by atoms with Crippen molar-refractivity contribution in [2.24, 2.45) is 0 Å². The summed E-state index contributed by atoms with van der Waals surface area (Å²) >= 11 is 5.63. The smallest absolute Gasteiger partial charge is 0.255 e. The zero-order valence-electron chi connectivity index (χ0n) is 10.9. The van der Waals surface area contributed by atoms with Gasteiger partial charge in [-0.05, 0) is 74.4 Å². The van der Waals surface area contributed by atoms with Gasteiger partial charge in [0.25, 0.3) is 5.91 Å². The first kappa shape index (κ1) is 15.3. The maximum absolute atomic E-state index is 12.5. The van der Waals surface area contributed by atoms with E-state index >= 15 is 0 Å². The number of hydrogen-bond acceptors (Lipinski definition) is 2. The van der Waals surface area contributed by atoms with E-state index in [-0.39, 0.29) is 5.91 Å². The lowest BCUT2D eigenvalue weighted by Crippen LogP contribution is -2.26. The Balaban J connectivity index is 2.16. The zero-order chi connectivity index (χ0) is 14.7. The molecule has 2 aromatic carbocycles. The van der Waals surface area contributed by atoms with Crippen LogP contribution in [0.1, 0.15) is 15.9 Å². The first-order chi connectivity index (χ1) is 9.47. The fraction of sp³-hybridized carbons (Fsp3) is 0.133. The average Bonchev–Trinajstić information content (AvgIpc) is 2.43. The Labute approximate surface area is 140 Å². The fourth-order valence-corrected chi connectivity index (χ4v) is 2.74. The normalized spacial score (nSPS) is 10.3. The molecule has 0 aromatic heterocycles. The van der Waals surface area contributed by atoms with Gasteiger partial charge < -0.3 is 10.6 Å². The van der Waals surface area contributed by atoms with Crippen LogP contribution in [0.25, 0.3) is 0 Å². The van der Waals surface area contributed by atoms with E-state index in [1.165, 1.54) is 0 Å². The Kier molecular flexibility index (Phi) is 5.04. The number of rotatable bonds is 3. The van der Waals surface area contributed by atoms with E-state index in [0.717, 1.165) is 19.3 Å². The van der Waals surface area contributed by atoms with Crippen LogP contribution in [0.15, 0.2) is 46.9 Å². The highest BCUT2D eigenvalue weighted by Crippen LogP contribution is 2.21. The molecule has 0 heterocycles. The Morgan fingerprint density at radius 2 is 1.90 bits per heavy atom. The molecule has 0 aliphatic heterocycles. The van der Waals surface area contributed by atoms with Gasteiger partial charge in [-0.25, -0.2) is 0 Å². The van der Waals surface area contributed by atoms with Crippen molar-refractivity contribution in [1.82, 2.24) is 4.90 Å². The highest BCUT2D eigenvalue weighted by atomic mass is 127. The number of nitrogen functional groups attached to an aromatic ring is 1. The lowest BCUT2D eigenvalue weighted by Gasteiger charge is -2.18. The number of nitrogens with two attached hydrogens (primary N) is 1. The van der Waals surface area contributed by atoms with Crippen molar-refractivity contribution >= 4 is 50.1 Å². The minimum absolute atomic E-state index is 0.00721. The van der Waals surface area contributed by atoms with Crippen molar-refractivity contribution in [3.63, 3.8) is 0 Å². The van der Waals surface area contributed by atoms with Gasteiger partial charge >= 0.3 is 0 Å². The molecular weight excluding hydrogens is 431 g/mol. The van der Waals surface area contributed by atoms with Gasteiger partial charge in [-0.15, -0.1) is 0 Å². The molecule has 0 bridgehead atoms. The Morgan fingerprint density at radius 1 is 1.25 bits per heavy atom. The van der Waals surface area contributed by atoms with Gasteiger partial charge in [0.1, 0.15) is 0 Å². The van der Waals surface area contributed by atoms with Crippen molar-refractivity contribution in [2.75, 3.05) is 12.8 Å². The van der Waals surface area contributed by atoms with Crippen LogP contribution in [0.2, 0.25) is 0 Å². The number of hydrogen-bond donors (Lipinski definition) is 1. The molecule has 2 rings (SSSR count). The van der Waals surface area contributed by atoms with E-state index in [2.05, 4.69) is 38.5 Å². The lowest BCUT2D eigenvalue weighted by molar-refractivity contribution is 0.0784. The first-order valence-corrected chi connectivity index (χ1v) is 7.89. The number of amides is 1. The van der Waals surface area contributed by atoms with Gasteiger partial charge in [0.2, 0.25) is 0 Å². The predicted molar refractivity (Wildman–Crippen MR) is 93.5 cm³/mol. The van der Waals surface area contributed by atoms with Crippen molar-refractivity contribution in [3.8, 4) is 0 Å². The van der Waals surface area contributed by atoms with Crippen LogP contribution >= 0.6 is 38.5 Å². The second-order valence-corrected chi connectivity index (χ2v) is 6.63. The molecular formula is C15H14BrIN2O. The largest absolute Gasteiger partial charge is 0.399 e. The highest BCUT2D eigenvalue weighted by Gasteiger charge is 2.15. The summed E-state index contributed by atoms with van der Waals surface area (Å²) in [4.78, 5) is 14.2. The van der Waals surface area contributed by atoms with Crippen molar-refractivity contribution in [1.29, 1.82) is 0 Å². The van der Waals surface area contributed by atoms with E-state index < -0.39 is 0 Å². The van der Waals surface area contributed by atoms with Gasteiger partial charge in [-0.2, -0.15) is 0 Å². The molecule has 0 aliphatic carbocycles. The Morgan fingerprint density at radius 3 is 2.55 bits per heavy atom. The number of halogens is 2. The maximum atomic E-state index is 12.5. The Bertz CT molecular complexity index is 628. The number of benzene rings is 2. The molecule has 0 radical (unpaired) electrons. The zero-order valence-corrected chi connectivity index (χ0v) is 14.7. The van der Waals surface area contributed by atoms with Crippen LogP contribution in [-0.2, 0) is 6.54 Å². The molecule has 5 heteroatoms. The molecule has 0 saturated heterocycles. The lowest BCUT2D eigenvalue weighted by atomic mass is 10.1. The van der Waals surface area contributed by atoms with Crippen LogP contribution < -0.4 is 5.73 Å². The molecule has 0 fully saturated rings. The molecule has 0 unspecified atom stereocenters. The van der Waals surface area contributed by atoms with Gasteiger partial charge in [-0.3, -0.25) is 4.79 Å². The highest BCUT2D eigenvalue weighted by molar-refractivity contribution is 14.1. The number of anilines is 1. The summed E-state index contributed by atoms with van der Waals surface area (Å²) in [5, 5.41) is 0. The van der Waals surface area contributed by atoms with Crippen LogP contribution in [0.4, 0.5) is 5.69 Å². The summed E-state index contributed by atoms with van der Waals surface area (Å²) in [7, 11) is 1.80. The number of carbonyl (C=O) groups is 1.